The van der Waals surface area contributed by atoms with Crippen LogP contribution in [0.15, 0.2) is 54.7 Å². The van der Waals surface area contributed by atoms with Crippen LogP contribution in [0.3, 0.4) is 0 Å². The van der Waals surface area contributed by atoms with Crippen LogP contribution < -0.4 is 0 Å². The number of nitrogens with zero attached hydrogens (tertiary/aromatic N) is 2. The lowest BCUT2D eigenvalue weighted by atomic mass is 9.89. The molecular weight excluding hydrogens is 386 g/mol. The van der Waals surface area contributed by atoms with Crippen LogP contribution in [0.2, 0.25) is 0 Å². The van der Waals surface area contributed by atoms with E-state index in [0.717, 1.165) is 49.9 Å². The fourth-order valence-corrected chi connectivity index (χ4v) is 4.50. The number of fused-ring (bicyclic) bond motifs is 1. The summed E-state index contributed by atoms with van der Waals surface area (Å²) in [6.45, 7) is 1.68. The van der Waals surface area contributed by atoms with Crippen LogP contribution in [0.1, 0.15) is 40.7 Å². The first-order chi connectivity index (χ1) is 15.0. The van der Waals surface area contributed by atoms with E-state index in [-0.39, 0.29) is 11.8 Å². The average Bonchev–Trinajstić information content (AvgIpc) is 3.21. The molecular formula is C26H31N3O2. The van der Waals surface area contributed by atoms with Gasteiger partial charge in [-0.05, 0) is 60.9 Å². The lowest BCUT2D eigenvalue weighted by Crippen LogP contribution is -2.39. The van der Waals surface area contributed by atoms with Crippen molar-refractivity contribution in [3.8, 4) is 0 Å². The summed E-state index contributed by atoms with van der Waals surface area (Å²) < 4.78 is 0. The summed E-state index contributed by atoms with van der Waals surface area (Å²) >= 11 is 0. The Kier molecular flexibility index (Phi) is 6.40. The zero-order valence-electron chi connectivity index (χ0n) is 18.4. The Hall–Kier alpha value is -3.08. The number of aromatic amines is 1. The molecule has 1 fully saturated rings. The van der Waals surface area contributed by atoms with E-state index < -0.39 is 0 Å². The number of hydrogen-bond acceptors (Lipinski definition) is 2. The van der Waals surface area contributed by atoms with Gasteiger partial charge in [-0.2, -0.15) is 0 Å². The zero-order valence-corrected chi connectivity index (χ0v) is 18.4. The van der Waals surface area contributed by atoms with Gasteiger partial charge in [-0.1, -0.05) is 30.3 Å². The summed E-state index contributed by atoms with van der Waals surface area (Å²) in [6.07, 6.45) is 6.46. The Morgan fingerprint density at radius 3 is 2.45 bits per heavy atom. The molecule has 1 aliphatic heterocycles. The van der Waals surface area contributed by atoms with E-state index in [1.807, 2.05) is 35.4 Å². The number of rotatable bonds is 6. The number of aryl methyl sites for hydroxylation is 1. The minimum atomic E-state index is 0.0333. The molecule has 5 nitrogen and oxygen atoms in total. The Labute approximate surface area is 184 Å². The van der Waals surface area contributed by atoms with Gasteiger partial charge in [0.15, 0.2) is 0 Å². The molecule has 0 bridgehead atoms. The lowest BCUT2D eigenvalue weighted by Gasteiger charge is -2.32. The minimum Gasteiger partial charge on any atom is -0.361 e. The second kappa shape index (κ2) is 9.38. The molecule has 162 valence electrons. The van der Waals surface area contributed by atoms with E-state index in [1.54, 1.807) is 19.0 Å². The molecule has 5 heteroatoms. The van der Waals surface area contributed by atoms with Crippen molar-refractivity contribution in [1.82, 2.24) is 14.8 Å². The van der Waals surface area contributed by atoms with Crippen molar-refractivity contribution < 1.29 is 9.59 Å². The monoisotopic (exact) mass is 417 g/mol. The molecule has 1 aromatic heterocycles. The van der Waals surface area contributed by atoms with Crippen LogP contribution in [-0.2, 0) is 17.6 Å². The maximum Gasteiger partial charge on any atom is 0.253 e. The molecule has 2 heterocycles. The first-order valence-corrected chi connectivity index (χ1v) is 11.1. The second-order valence-electron chi connectivity index (χ2n) is 8.78. The van der Waals surface area contributed by atoms with Crippen molar-refractivity contribution in [3.05, 3.63) is 71.4 Å². The standard InChI is InChI=1S/C26H31N3O2/c1-28(2)26(31)21-9-7-19(8-10-21)17-20-13-15-29(16-14-20)25(30)12-11-22-18-27-24-6-4-3-5-23(22)24/h3-10,18,20,27H,11-17H2,1-2H3. The van der Waals surface area contributed by atoms with E-state index in [1.165, 1.54) is 16.5 Å². The fourth-order valence-electron chi connectivity index (χ4n) is 4.50. The third-order valence-electron chi connectivity index (χ3n) is 6.38. The summed E-state index contributed by atoms with van der Waals surface area (Å²) in [5, 5.41) is 1.22. The molecule has 1 N–H and O–H groups in total. The van der Waals surface area contributed by atoms with Gasteiger partial charge in [-0.3, -0.25) is 9.59 Å². The third kappa shape index (κ3) is 4.98. The molecule has 0 atom stereocenters. The number of carbonyl (C=O) groups is 2. The minimum absolute atomic E-state index is 0.0333. The maximum atomic E-state index is 12.7. The van der Waals surface area contributed by atoms with E-state index >= 15 is 0 Å². The predicted molar refractivity (Wildman–Crippen MR) is 124 cm³/mol. The first-order valence-electron chi connectivity index (χ1n) is 11.1. The summed E-state index contributed by atoms with van der Waals surface area (Å²) in [4.78, 5) is 31.7. The van der Waals surface area contributed by atoms with Gasteiger partial charge in [0.25, 0.3) is 5.91 Å². The van der Waals surface area contributed by atoms with Crippen LogP contribution in [-0.4, -0.2) is 53.8 Å². The number of likely N-dealkylation sites (tertiary alicyclic amines) is 1. The second-order valence-corrected chi connectivity index (χ2v) is 8.78. The molecule has 0 aliphatic carbocycles. The van der Waals surface area contributed by atoms with Crippen molar-refractivity contribution in [2.45, 2.75) is 32.1 Å². The van der Waals surface area contributed by atoms with Crippen molar-refractivity contribution in [2.24, 2.45) is 5.92 Å². The Morgan fingerprint density at radius 1 is 1.03 bits per heavy atom. The number of para-hydroxylation sites is 1. The van der Waals surface area contributed by atoms with Gasteiger partial charge in [0.05, 0.1) is 0 Å². The van der Waals surface area contributed by atoms with Crippen molar-refractivity contribution in [1.29, 1.82) is 0 Å². The van der Waals surface area contributed by atoms with Gasteiger partial charge < -0.3 is 14.8 Å². The highest BCUT2D eigenvalue weighted by Gasteiger charge is 2.23. The summed E-state index contributed by atoms with van der Waals surface area (Å²) in [5.74, 6) is 0.884. The zero-order chi connectivity index (χ0) is 21.8. The highest BCUT2D eigenvalue weighted by atomic mass is 16.2. The summed E-state index contributed by atoms with van der Waals surface area (Å²) in [6, 6.07) is 16.2. The fraction of sp³-hybridized carbons (Fsp3) is 0.385. The maximum absolute atomic E-state index is 12.7. The number of H-pyrrole nitrogens is 1. The topological polar surface area (TPSA) is 56.4 Å². The highest BCUT2D eigenvalue weighted by molar-refractivity contribution is 5.93. The SMILES string of the molecule is CN(C)C(=O)c1ccc(CC2CCN(C(=O)CCc3c[nH]c4ccccc34)CC2)cc1. The van der Waals surface area contributed by atoms with Crippen molar-refractivity contribution >= 4 is 22.7 Å². The van der Waals surface area contributed by atoms with Crippen LogP contribution in [0.4, 0.5) is 0 Å². The van der Waals surface area contributed by atoms with Crippen LogP contribution >= 0.6 is 0 Å². The summed E-state index contributed by atoms with van der Waals surface area (Å²) in [5.41, 5.74) is 4.34. The van der Waals surface area contributed by atoms with Gasteiger partial charge in [-0.15, -0.1) is 0 Å². The normalized spacial score (nSPS) is 14.7. The van der Waals surface area contributed by atoms with E-state index in [9.17, 15) is 9.59 Å². The number of hydrogen-bond donors (Lipinski definition) is 1. The van der Waals surface area contributed by atoms with Crippen LogP contribution in [0, 0.1) is 5.92 Å². The number of amides is 2. The van der Waals surface area contributed by atoms with E-state index in [4.69, 9.17) is 0 Å². The average molecular weight is 418 g/mol. The molecule has 0 saturated carbocycles. The van der Waals surface area contributed by atoms with E-state index in [0.29, 0.717) is 12.3 Å². The Morgan fingerprint density at radius 2 is 1.74 bits per heavy atom. The Balaban J connectivity index is 1.24. The van der Waals surface area contributed by atoms with Crippen LogP contribution in [0.5, 0.6) is 0 Å². The molecule has 3 aromatic rings. The number of nitrogens with one attached hydrogen (secondary N) is 1. The molecule has 0 radical (unpaired) electrons. The van der Waals surface area contributed by atoms with Gasteiger partial charge >= 0.3 is 0 Å². The lowest BCUT2D eigenvalue weighted by molar-refractivity contribution is -0.132. The highest BCUT2D eigenvalue weighted by Crippen LogP contribution is 2.24. The molecule has 2 amide bonds. The number of aromatic nitrogens is 1. The molecule has 31 heavy (non-hydrogen) atoms. The van der Waals surface area contributed by atoms with Crippen molar-refractivity contribution in [3.63, 3.8) is 0 Å². The smallest absolute Gasteiger partial charge is 0.253 e. The molecule has 1 saturated heterocycles. The van der Waals surface area contributed by atoms with Gasteiger partial charge in [0.1, 0.15) is 0 Å². The predicted octanol–water partition coefficient (Wildman–Crippen LogP) is 4.28. The molecule has 1 aliphatic rings. The van der Waals surface area contributed by atoms with Gasteiger partial charge in [0, 0.05) is 56.3 Å². The van der Waals surface area contributed by atoms with Crippen LogP contribution in [0.25, 0.3) is 10.9 Å². The molecule has 0 unspecified atom stereocenters. The third-order valence-corrected chi connectivity index (χ3v) is 6.38. The molecule has 0 spiro atoms. The molecule has 4 rings (SSSR count). The first kappa shape index (κ1) is 21.2. The number of benzene rings is 2. The number of carbonyl (C=O) groups excluding carboxylic acids is 2. The van der Waals surface area contributed by atoms with Gasteiger partial charge in [-0.25, -0.2) is 0 Å². The molecule has 2 aromatic carbocycles. The van der Waals surface area contributed by atoms with Crippen molar-refractivity contribution in [2.75, 3.05) is 27.2 Å². The van der Waals surface area contributed by atoms with E-state index in [2.05, 4.69) is 29.2 Å². The summed E-state index contributed by atoms with van der Waals surface area (Å²) in [7, 11) is 3.54. The van der Waals surface area contributed by atoms with Gasteiger partial charge in [0.2, 0.25) is 5.91 Å². The quantitative estimate of drug-likeness (QED) is 0.651. The Bertz CT molecular complexity index is 1040. The largest absolute Gasteiger partial charge is 0.361 e. The number of piperidine rings is 1.